The normalized spacial score (nSPS) is 18.8. The topological polar surface area (TPSA) is 65.5 Å². The second-order valence-electron chi connectivity index (χ2n) is 6.85. The number of aromatic nitrogens is 2. The second kappa shape index (κ2) is 10.0. The summed E-state index contributed by atoms with van der Waals surface area (Å²) >= 11 is 12.8. The van der Waals surface area contributed by atoms with Gasteiger partial charge in [-0.1, -0.05) is 42.1 Å². The summed E-state index contributed by atoms with van der Waals surface area (Å²) in [6.45, 7) is 4.07. The van der Waals surface area contributed by atoms with Crippen molar-refractivity contribution in [1.82, 2.24) is 9.97 Å². The Labute approximate surface area is 181 Å². The number of hydrogen-bond donors (Lipinski definition) is 1. The lowest BCUT2D eigenvalue weighted by Gasteiger charge is -2.29. The lowest BCUT2D eigenvalue weighted by Crippen LogP contribution is -2.31. The zero-order chi connectivity index (χ0) is 20.8. The standard InChI is InChI=1S/C21H25Cl2N3O3/c1-4-13-7-5-6-8-16(13)26-21-24-10-14(11-25-21)29-12-15-19(22)17(27-2)9-18(28-3)20(15)23/h4,9-11,13,16H,1,5-8,12H2,2-3H3,(H,24,25,26). The molecule has 1 saturated carbocycles. The minimum Gasteiger partial charge on any atom is -0.495 e. The van der Waals surface area contributed by atoms with Gasteiger partial charge in [-0.15, -0.1) is 6.58 Å². The SMILES string of the molecule is C=CC1CCCCC1Nc1ncc(OCc2c(Cl)c(OC)cc(OC)c2Cl)cn1. The Balaban J connectivity index is 1.67. The van der Waals surface area contributed by atoms with Crippen molar-refractivity contribution in [3.63, 3.8) is 0 Å². The average molecular weight is 438 g/mol. The van der Waals surface area contributed by atoms with Crippen LogP contribution in [-0.2, 0) is 6.61 Å². The molecule has 8 heteroatoms. The highest BCUT2D eigenvalue weighted by Crippen LogP contribution is 2.40. The molecule has 0 amide bonds. The molecule has 0 bridgehead atoms. The van der Waals surface area contributed by atoms with E-state index in [2.05, 4.69) is 21.9 Å². The summed E-state index contributed by atoms with van der Waals surface area (Å²) in [5, 5.41) is 4.17. The third-order valence-corrected chi connectivity index (χ3v) is 5.94. The van der Waals surface area contributed by atoms with E-state index in [4.69, 9.17) is 37.4 Å². The molecule has 156 valence electrons. The summed E-state index contributed by atoms with van der Waals surface area (Å²) < 4.78 is 16.3. The Bertz CT molecular complexity index is 818. The van der Waals surface area contributed by atoms with E-state index in [0.717, 1.165) is 12.8 Å². The van der Waals surface area contributed by atoms with E-state index in [0.29, 0.717) is 50.8 Å². The van der Waals surface area contributed by atoms with Gasteiger partial charge in [0.2, 0.25) is 5.95 Å². The largest absolute Gasteiger partial charge is 0.495 e. The molecule has 3 rings (SSSR count). The van der Waals surface area contributed by atoms with Gasteiger partial charge in [-0.05, 0) is 18.8 Å². The monoisotopic (exact) mass is 437 g/mol. The molecule has 2 atom stereocenters. The first kappa shape index (κ1) is 21.5. The number of hydrogen-bond acceptors (Lipinski definition) is 6. The highest BCUT2D eigenvalue weighted by Gasteiger charge is 2.23. The summed E-state index contributed by atoms with van der Waals surface area (Å²) in [5.41, 5.74) is 0.572. The first-order chi connectivity index (χ1) is 14.1. The summed E-state index contributed by atoms with van der Waals surface area (Å²) in [7, 11) is 3.06. The Morgan fingerprint density at radius 3 is 2.31 bits per heavy atom. The highest BCUT2D eigenvalue weighted by molar-refractivity contribution is 6.37. The molecule has 1 N–H and O–H groups in total. The molecule has 1 aliphatic rings. The maximum atomic E-state index is 6.38. The van der Waals surface area contributed by atoms with Crippen molar-refractivity contribution in [2.24, 2.45) is 5.92 Å². The van der Waals surface area contributed by atoms with Crippen molar-refractivity contribution < 1.29 is 14.2 Å². The summed E-state index contributed by atoms with van der Waals surface area (Å²) in [6, 6.07) is 1.95. The molecule has 0 radical (unpaired) electrons. The third-order valence-electron chi connectivity index (χ3n) is 5.11. The minimum atomic E-state index is 0.128. The zero-order valence-electron chi connectivity index (χ0n) is 16.6. The molecular weight excluding hydrogens is 413 g/mol. The number of methoxy groups -OCH3 is 2. The van der Waals surface area contributed by atoms with E-state index in [-0.39, 0.29) is 6.61 Å². The van der Waals surface area contributed by atoms with Gasteiger partial charge in [-0.3, -0.25) is 0 Å². The lowest BCUT2D eigenvalue weighted by molar-refractivity contribution is 0.301. The van der Waals surface area contributed by atoms with Gasteiger partial charge in [0.1, 0.15) is 18.1 Å². The van der Waals surface area contributed by atoms with Crippen LogP contribution in [0.5, 0.6) is 17.2 Å². The Hall–Kier alpha value is -2.18. The van der Waals surface area contributed by atoms with Gasteiger partial charge in [0, 0.05) is 17.7 Å². The molecule has 1 aliphatic carbocycles. The first-order valence-electron chi connectivity index (χ1n) is 9.50. The van der Waals surface area contributed by atoms with Crippen LogP contribution in [0.1, 0.15) is 31.2 Å². The Morgan fingerprint density at radius 2 is 1.72 bits per heavy atom. The van der Waals surface area contributed by atoms with Crippen LogP contribution in [0.15, 0.2) is 31.1 Å². The average Bonchev–Trinajstić information content (AvgIpc) is 2.75. The number of anilines is 1. The van der Waals surface area contributed by atoms with Gasteiger partial charge in [0.15, 0.2) is 5.75 Å². The van der Waals surface area contributed by atoms with Crippen molar-refractivity contribution in [1.29, 1.82) is 0 Å². The smallest absolute Gasteiger partial charge is 0.223 e. The van der Waals surface area contributed by atoms with Gasteiger partial charge in [-0.2, -0.15) is 0 Å². The van der Waals surface area contributed by atoms with Crippen LogP contribution in [0, 0.1) is 5.92 Å². The molecular formula is C21H25Cl2N3O3. The highest BCUT2D eigenvalue weighted by atomic mass is 35.5. The van der Waals surface area contributed by atoms with E-state index in [1.807, 2.05) is 6.08 Å². The van der Waals surface area contributed by atoms with Crippen molar-refractivity contribution in [2.75, 3.05) is 19.5 Å². The van der Waals surface area contributed by atoms with Gasteiger partial charge in [0.05, 0.1) is 36.7 Å². The van der Waals surface area contributed by atoms with Crippen molar-refractivity contribution in [3.8, 4) is 17.2 Å². The molecule has 1 aromatic carbocycles. The van der Waals surface area contributed by atoms with Gasteiger partial charge < -0.3 is 19.5 Å². The van der Waals surface area contributed by atoms with Crippen molar-refractivity contribution in [3.05, 3.63) is 46.7 Å². The van der Waals surface area contributed by atoms with E-state index in [1.165, 1.54) is 27.1 Å². The van der Waals surface area contributed by atoms with Crippen molar-refractivity contribution in [2.45, 2.75) is 38.3 Å². The Morgan fingerprint density at radius 1 is 1.10 bits per heavy atom. The van der Waals surface area contributed by atoms with E-state index >= 15 is 0 Å². The van der Waals surface area contributed by atoms with Crippen LogP contribution in [0.25, 0.3) is 0 Å². The first-order valence-corrected chi connectivity index (χ1v) is 10.3. The van der Waals surface area contributed by atoms with E-state index in [1.54, 1.807) is 18.5 Å². The number of nitrogens with zero attached hydrogens (tertiary/aromatic N) is 2. The van der Waals surface area contributed by atoms with Gasteiger partial charge >= 0.3 is 0 Å². The molecule has 1 heterocycles. The van der Waals surface area contributed by atoms with Crippen LogP contribution in [0.2, 0.25) is 10.0 Å². The number of nitrogens with one attached hydrogen (secondary N) is 1. The predicted molar refractivity (Wildman–Crippen MR) is 115 cm³/mol. The quantitative estimate of drug-likeness (QED) is 0.547. The maximum absolute atomic E-state index is 6.38. The van der Waals surface area contributed by atoms with Crippen LogP contribution in [-0.4, -0.2) is 30.2 Å². The maximum Gasteiger partial charge on any atom is 0.223 e. The molecule has 1 fully saturated rings. The van der Waals surface area contributed by atoms with E-state index < -0.39 is 0 Å². The lowest BCUT2D eigenvalue weighted by atomic mass is 9.85. The van der Waals surface area contributed by atoms with Crippen LogP contribution < -0.4 is 19.5 Å². The van der Waals surface area contributed by atoms with Crippen LogP contribution in [0.3, 0.4) is 0 Å². The zero-order valence-corrected chi connectivity index (χ0v) is 18.1. The molecule has 0 aliphatic heterocycles. The fraction of sp³-hybridized carbons (Fsp3) is 0.429. The number of rotatable bonds is 8. The molecule has 2 unspecified atom stereocenters. The predicted octanol–water partition coefficient (Wildman–Crippen LogP) is 5.54. The van der Waals surface area contributed by atoms with Gasteiger partial charge in [-0.25, -0.2) is 9.97 Å². The molecule has 2 aromatic rings. The number of ether oxygens (including phenoxy) is 3. The summed E-state index contributed by atoms with van der Waals surface area (Å²) in [4.78, 5) is 8.74. The van der Waals surface area contributed by atoms with E-state index in [9.17, 15) is 0 Å². The van der Waals surface area contributed by atoms with Crippen molar-refractivity contribution >= 4 is 29.2 Å². The summed E-state index contributed by atoms with van der Waals surface area (Å²) in [6.07, 6.45) is 9.95. The van der Waals surface area contributed by atoms with Gasteiger partial charge in [0.25, 0.3) is 0 Å². The Kier molecular flexibility index (Phi) is 7.45. The van der Waals surface area contributed by atoms with Crippen LogP contribution >= 0.6 is 23.2 Å². The minimum absolute atomic E-state index is 0.128. The fourth-order valence-electron chi connectivity index (χ4n) is 3.47. The van der Waals surface area contributed by atoms with Crippen LogP contribution in [0.4, 0.5) is 5.95 Å². The molecule has 1 aromatic heterocycles. The fourth-order valence-corrected chi connectivity index (χ4v) is 4.08. The second-order valence-corrected chi connectivity index (χ2v) is 7.61. The molecule has 0 saturated heterocycles. The molecule has 6 nitrogen and oxygen atoms in total. The molecule has 0 spiro atoms. The third kappa shape index (κ3) is 5.06. The molecule has 29 heavy (non-hydrogen) atoms. The summed E-state index contributed by atoms with van der Waals surface area (Å²) in [5.74, 6) is 2.46. The number of benzene rings is 1. The number of halogens is 2.